The number of ether oxygens (including phenoxy) is 1. The van der Waals surface area contributed by atoms with Gasteiger partial charge in [0.05, 0.1) is 45.0 Å². The summed E-state index contributed by atoms with van der Waals surface area (Å²) < 4.78 is 47.5. The fraction of sp³-hybridized carbons (Fsp3) is 0.781. The number of hydrogen-bond acceptors (Lipinski definition) is 6. The summed E-state index contributed by atoms with van der Waals surface area (Å²) in [6.07, 6.45) is 5.88. The zero-order valence-electron chi connectivity index (χ0n) is 27.5. The fourth-order valence-electron chi connectivity index (χ4n) is 5.69. The molecule has 0 aromatic carbocycles. The van der Waals surface area contributed by atoms with E-state index < -0.39 is 11.7 Å². The molecule has 3 rings (SSSR count). The highest BCUT2D eigenvalue weighted by molar-refractivity contribution is 5.76. The number of likely N-dealkylation sites (N-methyl/N-ethyl adjacent to an activating group) is 1. The number of quaternary nitrogens is 1. The SMILES string of the molecule is CC(C)C.CCCCC(CCC)[N+]1(C)CCC=C(Nc2ncc(C(F)(F)F)c(NCCCN3CCOCCC3=O)n2)C1C. The number of anilines is 2. The molecule has 1 aromatic heterocycles. The van der Waals surface area contributed by atoms with Gasteiger partial charge in [-0.3, -0.25) is 4.79 Å². The zero-order valence-corrected chi connectivity index (χ0v) is 27.5. The fourth-order valence-corrected chi connectivity index (χ4v) is 5.69. The van der Waals surface area contributed by atoms with Crippen molar-refractivity contribution in [3.63, 3.8) is 0 Å². The Bertz CT molecular complexity index is 1020. The second kappa shape index (κ2) is 17.8. The van der Waals surface area contributed by atoms with E-state index in [0.717, 1.165) is 54.5 Å². The van der Waals surface area contributed by atoms with Crippen LogP contribution in [0.2, 0.25) is 0 Å². The lowest BCUT2D eigenvalue weighted by atomic mass is 9.94. The summed E-state index contributed by atoms with van der Waals surface area (Å²) in [6.45, 7) is 16.2. The normalized spacial score (nSPS) is 21.9. The molecule has 0 bridgehead atoms. The first kappa shape index (κ1) is 36.8. The number of unbranched alkanes of at least 4 members (excludes halogenated alkanes) is 1. The van der Waals surface area contributed by atoms with Gasteiger partial charge in [0.15, 0.2) is 0 Å². The van der Waals surface area contributed by atoms with Gasteiger partial charge in [-0.1, -0.05) is 53.5 Å². The van der Waals surface area contributed by atoms with Gasteiger partial charge in [-0.25, -0.2) is 4.98 Å². The Labute approximate surface area is 257 Å². The van der Waals surface area contributed by atoms with Crippen LogP contribution in [0.3, 0.4) is 0 Å². The van der Waals surface area contributed by atoms with Crippen LogP contribution in [0.4, 0.5) is 24.9 Å². The molecule has 3 heterocycles. The lowest BCUT2D eigenvalue weighted by Crippen LogP contribution is -2.60. The standard InChI is InChI=1S/C28H46F3N6O2.C4H10/c1-5-7-11-22(10-6-2)37(4)17-8-12-24(21(37)3)34-27-33-20-23(28(29,30)31)26(35-27)32-14-9-15-36-16-19-39-18-13-25(36)38;1-4(2)3/h12,20-22H,5-11,13-19H2,1-4H3,(H2,32,33,34,35);4H,1-3H3/q+1;. The molecule has 0 spiro atoms. The third-order valence-electron chi connectivity index (χ3n) is 8.22. The molecule has 1 fully saturated rings. The van der Waals surface area contributed by atoms with E-state index in [1.54, 1.807) is 4.90 Å². The summed E-state index contributed by atoms with van der Waals surface area (Å²) >= 11 is 0. The van der Waals surface area contributed by atoms with Crippen molar-refractivity contribution in [2.24, 2.45) is 5.92 Å². The van der Waals surface area contributed by atoms with Gasteiger partial charge < -0.3 is 24.8 Å². The highest BCUT2D eigenvalue weighted by atomic mass is 19.4. The molecule has 0 aliphatic carbocycles. The molecule has 1 aromatic rings. The molecule has 1 amide bonds. The second-order valence-electron chi connectivity index (χ2n) is 12.6. The van der Waals surface area contributed by atoms with E-state index in [4.69, 9.17) is 4.74 Å². The van der Waals surface area contributed by atoms with Gasteiger partial charge >= 0.3 is 6.18 Å². The predicted octanol–water partition coefficient (Wildman–Crippen LogP) is 7.10. The molecule has 2 aliphatic rings. The first-order valence-corrected chi connectivity index (χ1v) is 16.2. The molecular formula is C32H56F3N6O2+. The molecule has 11 heteroatoms. The Morgan fingerprint density at radius 3 is 2.51 bits per heavy atom. The van der Waals surface area contributed by atoms with Crippen LogP contribution in [0.25, 0.3) is 0 Å². The van der Waals surface area contributed by atoms with E-state index in [1.165, 1.54) is 12.8 Å². The van der Waals surface area contributed by atoms with Crippen molar-refractivity contribution in [2.45, 2.75) is 111 Å². The molecule has 43 heavy (non-hydrogen) atoms. The molecule has 2 N–H and O–H groups in total. The van der Waals surface area contributed by atoms with Crippen molar-refractivity contribution < 1.29 is 27.2 Å². The van der Waals surface area contributed by atoms with E-state index in [9.17, 15) is 18.0 Å². The molecule has 0 saturated carbocycles. The van der Waals surface area contributed by atoms with E-state index in [0.29, 0.717) is 45.2 Å². The largest absolute Gasteiger partial charge is 0.421 e. The number of carbonyl (C=O) groups is 1. The van der Waals surface area contributed by atoms with Gasteiger partial charge in [-0.2, -0.15) is 18.2 Å². The lowest BCUT2D eigenvalue weighted by Gasteiger charge is -2.49. The van der Waals surface area contributed by atoms with Gasteiger partial charge in [0.25, 0.3) is 0 Å². The molecule has 3 unspecified atom stereocenters. The second-order valence-corrected chi connectivity index (χ2v) is 12.6. The van der Waals surface area contributed by atoms with Crippen molar-refractivity contribution in [1.29, 1.82) is 0 Å². The van der Waals surface area contributed by atoms with Crippen LogP contribution in [0.15, 0.2) is 18.0 Å². The topological polar surface area (TPSA) is 79.4 Å². The summed E-state index contributed by atoms with van der Waals surface area (Å²) in [5.41, 5.74) is 0.0510. The van der Waals surface area contributed by atoms with E-state index >= 15 is 0 Å². The molecule has 246 valence electrons. The molecule has 1 saturated heterocycles. The quantitative estimate of drug-likeness (QED) is 0.183. The summed E-state index contributed by atoms with van der Waals surface area (Å²) in [7, 11) is 2.30. The Hall–Kier alpha value is -2.40. The Kier molecular flexibility index (Phi) is 15.2. The Morgan fingerprint density at radius 1 is 1.14 bits per heavy atom. The summed E-state index contributed by atoms with van der Waals surface area (Å²) in [4.78, 5) is 22.1. The van der Waals surface area contributed by atoms with Gasteiger partial charge in [-0.05, 0) is 38.5 Å². The maximum absolute atomic E-state index is 13.7. The smallest absolute Gasteiger partial charge is 0.379 e. The predicted molar refractivity (Wildman–Crippen MR) is 168 cm³/mol. The van der Waals surface area contributed by atoms with Crippen molar-refractivity contribution in [3.05, 3.63) is 23.5 Å². The number of carbonyl (C=O) groups excluding carboxylic acids is 1. The number of rotatable bonds is 13. The average molecular weight is 614 g/mol. The lowest BCUT2D eigenvalue weighted by molar-refractivity contribution is -0.951. The number of hydrogen-bond donors (Lipinski definition) is 2. The van der Waals surface area contributed by atoms with Crippen molar-refractivity contribution in [3.8, 4) is 0 Å². The maximum Gasteiger partial charge on any atom is 0.421 e. The van der Waals surface area contributed by atoms with Crippen LogP contribution in [0, 0.1) is 5.92 Å². The third kappa shape index (κ3) is 11.6. The molecule has 8 nitrogen and oxygen atoms in total. The minimum atomic E-state index is -4.58. The van der Waals surface area contributed by atoms with Crippen LogP contribution in [0.5, 0.6) is 0 Å². The average Bonchev–Trinajstić information content (AvgIpc) is 3.14. The van der Waals surface area contributed by atoms with Crippen LogP contribution >= 0.6 is 0 Å². The summed E-state index contributed by atoms with van der Waals surface area (Å²) in [5, 5.41) is 6.11. The molecular weight excluding hydrogens is 557 g/mol. The molecule has 0 radical (unpaired) electrons. The van der Waals surface area contributed by atoms with Crippen molar-refractivity contribution >= 4 is 17.7 Å². The van der Waals surface area contributed by atoms with Crippen LogP contribution in [-0.4, -0.2) is 83.8 Å². The minimum Gasteiger partial charge on any atom is -0.379 e. The number of alkyl halides is 3. The number of amides is 1. The van der Waals surface area contributed by atoms with E-state index in [-0.39, 0.29) is 30.3 Å². The minimum absolute atomic E-state index is 0.00755. The van der Waals surface area contributed by atoms with Crippen LogP contribution in [0.1, 0.15) is 98.5 Å². The van der Waals surface area contributed by atoms with Crippen molar-refractivity contribution in [1.82, 2.24) is 14.9 Å². The maximum atomic E-state index is 13.7. The monoisotopic (exact) mass is 613 g/mol. The highest BCUT2D eigenvalue weighted by Crippen LogP contribution is 2.35. The van der Waals surface area contributed by atoms with E-state index in [2.05, 4.69) is 75.3 Å². The molecule has 2 aliphatic heterocycles. The highest BCUT2D eigenvalue weighted by Gasteiger charge is 2.41. The number of nitrogens with zero attached hydrogens (tertiary/aromatic N) is 4. The van der Waals surface area contributed by atoms with E-state index in [1.807, 2.05) is 0 Å². The Morgan fingerprint density at radius 2 is 1.86 bits per heavy atom. The zero-order chi connectivity index (χ0) is 32.0. The van der Waals surface area contributed by atoms with Gasteiger partial charge in [0.2, 0.25) is 11.9 Å². The van der Waals surface area contributed by atoms with Gasteiger partial charge in [0, 0.05) is 32.3 Å². The van der Waals surface area contributed by atoms with Gasteiger partial charge in [0.1, 0.15) is 17.4 Å². The number of nitrogens with one attached hydrogen (secondary N) is 2. The summed E-state index contributed by atoms with van der Waals surface area (Å²) in [6, 6.07) is 0.674. The third-order valence-corrected chi connectivity index (χ3v) is 8.22. The van der Waals surface area contributed by atoms with Crippen molar-refractivity contribution in [2.75, 3.05) is 57.1 Å². The van der Waals surface area contributed by atoms with Crippen LogP contribution in [-0.2, 0) is 15.7 Å². The number of aromatic nitrogens is 2. The van der Waals surface area contributed by atoms with Crippen LogP contribution < -0.4 is 10.6 Å². The molecule has 3 atom stereocenters. The summed E-state index contributed by atoms with van der Waals surface area (Å²) in [5.74, 6) is 0.740. The number of halogens is 3. The Balaban J connectivity index is 0.00000151. The first-order chi connectivity index (χ1) is 20.3. The van der Waals surface area contributed by atoms with Gasteiger partial charge in [-0.15, -0.1) is 0 Å². The first-order valence-electron chi connectivity index (χ1n) is 16.2.